The molecular weight excluding hydrogens is 270 g/mol. The molecule has 1 saturated heterocycles. The Morgan fingerprint density at radius 3 is 2.41 bits per heavy atom. The Kier molecular flexibility index (Phi) is 5.02. The predicted octanol–water partition coefficient (Wildman–Crippen LogP) is 3.82. The van der Waals surface area contributed by atoms with Crippen LogP contribution >= 0.6 is 0 Å². The van der Waals surface area contributed by atoms with Crippen LogP contribution in [0.1, 0.15) is 28.8 Å². The molecule has 22 heavy (non-hydrogen) atoms. The Morgan fingerprint density at radius 1 is 1.00 bits per heavy atom. The molecule has 1 aliphatic rings. The minimum atomic E-state index is 0.159. The molecule has 2 aromatic carbocycles. The van der Waals surface area contributed by atoms with Crippen molar-refractivity contribution in [2.75, 3.05) is 19.6 Å². The van der Waals surface area contributed by atoms with Crippen LogP contribution in [0.4, 0.5) is 0 Å². The fourth-order valence-corrected chi connectivity index (χ4v) is 3.24. The Morgan fingerprint density at radius 2 is 1.68 bits per heavy atom. The predicted molar refractivity (Wildman–Crippen MR) is 90.1 cm³/mol. The highest BCUT2D eigenvalue weighted by molar-refractivity contribution is 5.98. The molecule has 0 unspecified atom stereocenters. The largest absolute Gasteiger partial charge is 0.302 e. The van der Waals surface area contributed by atoms with Gasteiger partial charge in [-0.05, 0) is 31.4 Å². The van der Waals surface area contributed by atoms with Gasteiger partial charge in [-0.2, -0.15) is 0 Å². The van der Waals surface area contributed by atoms with E-state index in [2.05, 4.69) is 35.2 Å². The Balaban J connectivity index is 1.56. The first-order valence-electron chi connectivity index (χ1n) is 8.18. The third-order valence-electron chi connectivity index (χ3n) is 4.49. The number of ketones is 1. The number of carbonyl (C=O) groups is 1. The van der Waals surface area contributed by atoms with Crippen molar-refractivity contribution in [2.45, 2.75) is 19.3 Å². The lowest BCUT2D eigenvalue weighted by atomic mass is 9.90. The van der Waals surface area contributed by atoms with E-state index in [4.69, 9.17) is 0 Å². The molecule has 0 N–H and O–H groups in total. The first-order valence-corrected chi connectivity index (χ1v) is 8.18. The molecule has 2 nitrogen and oxygen atoms in total. The van der Waals surface area contributed by atoms with Gasteiger partial charge in [0, 0.05) is 24.6 Å². The minimum Gasteiger partial charge on any atom is -0.302 e. The topological polar surface area (TPSA) is 20.3 Å². The summed E-state index contributed by atoms with van der Waals surface area (Å²) in [6, 6.07) is 20.3. The van der Waals surface area contributed by atoms with Gasteiger partial charge in [-0.25, -0.2) is 0 Å². The number of nitrogens with zero attached hydrogens (tertiary/aromatic N) is 1. The molecule has 0 radical (unpaired) electrons. The highest BCUT2D eigenvalue weighted by atomic mass is 16.1. The average molecular weight is 293 g/mol. The van der Waals surface area contributed by atoms with E-state index >= 15 is 0 Å². The lowest BCUT2D eigenvalue weighted by Gasteiger charge is -2.32. The van der Waals surface area contributed by atoms with E-state index in [1.807, 2.05) is 30.3 Å². The summed E-state index contributed by atoms with van der Waals surface area (Å²) in [5.41, 5.74) is 2.23. The van der Waals surface area contributed by atoms with E-state index in [1.54, 1.807) is 0 Å². The van der Waals surface area contributed by atoms with Crippen molar-refractivity contribution in [1.29, 1.82) is 0 Å². The second kappa shape index (κ2) is 7.37. The van der Waals surface area contributed by atoms with E-state index in [0.29, 0.717) is 5.78 Å². The zero-order valence-corrected chi connectivity index (χ0v) is 12.9. The molecule has 1 aliphatic heterocycles. The van der Waals surface area contributed by atoms with E-state index in [9.17, 15) is 4.79 Å². The molecule has 0 aliphatic carbocycles. The summed E-state index contributed by atoms with van der Waals surface area (Å²) in [6.45, 7) is 3.06. The van der Waals surface area contributed by atoms with Crippen LogP contribution in [0.3, 0.4) is 0 Å². The van der Waals surface area contributed by atoms with E-state index in [1.165, 1.54) is 5.56 Å². The molecule has 2 heteroatoms. The molecule has 0 spiro atoms. The molecule has 0 bridgehead atoms. The van der Waals surface area contributed by atoms with E-state index in [0.717, 1.165) is 44.5 Å². The number of hydrogen-bond donors (Lipinski definition) is 0. The van der Waals surface area contributed by atoms with Crippen molar-refractivity contribution in [3.8, 4) is 0 Å². The van der Waals surface area contributed by atoms with Crippen molar-refractivity contribution < 1.29 is 4.79 Å². The summed E-state index contributed by atoms with van der Waals surface area (Å²) >= 11 is 0. The normalized spacial score (nSPS) is 19.0. The number of piperidine rings is 1. The molecule has 0 aromatic heterocycles. The van der Waals surface area contributed by atoms with Crippen LogP contribution in [0.5, 0.6) is 0 Å². The van der Waals surface area contributed by atoms with Crippen LogP contribution in [-0.4, -0.2) is 30.3 Å². The third-order valence-corrected chi connectivity index (χ3v) is 4.49. The van der Waals surface area contributed by atoms with Gasteiger partial charge in [0.25, 0.3) is 0 Å². The second-order valence-electron chi connectivity index (χ2n) is 6.11. The van der Waals surface area contributed by atoms with Gasteiger partial charge in [0.15, 0.2) is 5.78 Å². The minimum absolute atomic E-state index is 0.159. The Labute approximate surface area is 132 Å². The maximum absolute atomic E-state index is 12.6. The van der Waals surface area contributed by atoms with E-state index < -0.39 is 0 Å². The molecule has 0 amide bonds. The Bertz CT molecular complexity index is 594. The number of Topliss-reactive ketones (excluding diaryl/α,β-unsaturated/α-hetero) is 1. The van der Waals surface area contributed by atoms with Crippen molar-refractivity contribution in [1.82, 2.24) is 4.90 Å². The molecule has 1 fully saturated rings. The molecule has 114 valence electrons. The van der Waals surface area contributed by atoms with Gasteiger partial charge in [-0.3, -0.25) is 4.79 Å². The summed E-state index contributed by atoms with van der Waals surface area (Å²) in [5.74, 6) is 0.469. The maximum Gasteiger partial charge on any atom is 0.167 e. The SMILES string of the molecule is O=C(c1ccccc1)[C@@H]1CCCN(CCc2ccccc2)C1. The number of hydrogen-bond acceptors (Lipinski definition) is 2. The molecular formula is C20H23NO. The second-order valence-corrected chi connectivity index (χ2v) is 6.11. The quantitative estimate of drug-likeness (QED) is 0.781. The summed E-state index contributed by atoms with van der Waals surface area (Å²) in [6.07, 6.45) is 3.21. The molecule has 2 aromatic rings. The molecule has 1 heterocycles. The smallest absolute Gasteiger partial charge is 0.167 e. The monoisotopic (exact) mass is 293 g/mol. The van der Waals surface area contributed by atoms with Crippen LogP contribution < -0.4 is 0 Å². The highest BCUT2D eigenvalue weighted by Gasteiger charge is 2.26. The van der Waals surface area contributed by atoms with Gasteiger partial charge in [-0.1, -0.05) is 60.7 Å². The van der Waals surface area contributed by atoms with Gasteiger partial charge < -0.3 is 4.90 Å². The summed E-state index contributed by atoms with van der Waals surface area (Å²) < 4.78 is 0. The fraction of sp³-hybridized carbons (Fsp3) is 0.350. The molecule has 3 rings (SSSR count). The van der Waals surface area contributed by atoms with Gasteiger partial charge in [0.05, 0.1) is 0 Å². The average Bonchev–Trinajstić information content (AvgIpc) is 2.61. The first-order chi connectivity index (χ1) is 10.8. The molecule has 1 atom stereocenters. The standard InChI is InChI=1S/C20H23NO/c22-20(18-10-5-2-6-11-18)19-12-7-14-21(16-19)15-13-17-8-3-1-4-9-17/h1-6,8-11,19H,7,12-16H2/t19-/m1/s1. The van der Waals surface area contributed by atoms with Crippen LogP contribution in [0.15, 0.2) is 60.7 Å². The van der Waals surface area contributed by atoms with Crippen LogP contribution in [0.2, 0.25) is 0 Å². The number of likely N-dealkylation sites (tertiary alicyclic amines) is 1. The third kappa shape index (κ3) is 3.83. The number of benzene rings is 2. The van der Waals surface area contributed by atoms with Crippen molar-refractivity contribution in [3.63, 3.8) is 0 Å². The summed E-state index contributed by atoms with van der Waals surface area (Å²) in [4.78, 5) is 15.0. The zero-order valence-electron chi connectivity index (χ0n) is 12.9. The fourth-order valence-electron chi connectivity index (χ4n) is 3.24. The van der Waals surface area contributed by atoms with Crippen molar-refractivity contribution in [2.24, 2.45) is 5.92 Å². The van der Waals surface area contributed by atoms with Gasteiger partial charge in [0.1, 0.15) is 0 Å². The zero-order chi connectivity index (χ0) is 15.2. The maximum atomic E-state index is 12.6. The van der Waals surface area contributed by atoms with Gasteiger partial charge in [-0.15, -0.1) is 0 Å². The van der Waals surface area contributed by atoms with Crippen LogP contribution in [0.25, 0.3) is 0 Å². The number of rotatable bonds is 5. The van der Waals surface area contributed by atoms with Crippen molar-refractivity contribution >= 4 is 5.78 Å². The first kappa shape index (κ1) is 15.0. The lowest BCUT2D eigenvalue weighted by molar-refractivity contribution is 0.0821. The molecule has 0 saturated carbocycles. The lowest BCUT2D eigenvalue weighted by Crippen LogP contribution is -2.39. The summed E-state index contributed by atoms with van der Waals surface area (Å²) in [5, 5.41) is 0. The number of carbonyl (C=O) groups excluding carboxylic acids is 1. The summed E-state index contributed by atoms with van der Waals surface area (Å²) in [7, 11) is 0. The van der Waals surface area contributed by atoms with Gasteiger partial charge in [0.2, 0.25) is 0 Å². The Hall–Kier alpha value is -1.93. The van der Waals surface area contributed by atoms with Crippen molar-refractivity contribution in [3.05, 3.63) is 71.8 Å². The van der Waals surface area contributed by atoms with Crippen LogP contribution in [-0.2, 0) is 6.42 Å². The highest BCUT2D eigenvalue weighted by Crippen LogP contribution is 2.21. The van der Waals surface area contributed by atoms with E-state index in [-0.39, 0.29) is 5.92 Å². The van der Waals surface area contributed by atoms with Crippen LogP contribution in [0, 0.1) is 5.92 Å². The van der Waals surface area contributed by atoms with Gasteiger partial charge >= 0.3 is 0 Å².